The third kappa shape index (κ3) is 3.00. The number of halogens is 3. The van der Waals surface area contributed by atoms with Gasteiger partial charge in [0.25, 0.3) is 0 Å². The molecule has 166 valence electrons. The number of alkyl halides is 3. The summed E-state index contributed by atoms with van der Waals surface area (Å²) in [5.74, 6) is 0.394. The monoisotopic (exact) mass is 445 g/mol. The van der Waals surface area contributed by atoms with Crippen LogP contribution in [0.25, 0.3) is 11.2 Å². The van der Waals surface area contributed by atoms with E-state index in [2.05, 4.69) is 20.1 Å². The number of nitrogens with zero attached hydrogens (tertiary/aromatic N) is 7. The molecular formula is C20H18F3N7O2. The molecule has 0 aliphatic carbocycles. The van der Waals surface area contributed by atoms with Gasteiger partial charge in [0, 0.05) is 43.4 Å². The lowest BCUT2D eigenvalue weighted by molar-refractivity contribution is -0.141. The Balaban J connectivity index is 1.21. The number of carbonyl (C=O) groups excluding carboxylic acids is 1. The minimum absolute atomic E-state index is 0.0675. The molecule has 3 aliphatic heterocycles. The summed E-state index contributed by atoms with van der Waals surface area (Å²) in [5.41, 5.74) is 0.470. The number of hydrogen-bond donors (Lipinski definition) is 0. The third-order valence-electron chi connectivity index (χ3n) is 6.31. The minimum Gasteiger partial charge on any atom is -0.377 e. The van der Waals surface area contributed by atoms with Gasteiger partial charge < -0.3 is 9.64 Å². The molecule has 6 rings (SSSR count). The first-order valence-corrected chi connectivity index (χ1v) is 10.2. The zero-order chi connectivity index (χ0) is 22.1. The molecule has 3 fully saturated rings. The zero-order valence-corrected chi connectivity index (χ0v) is 16.8. The van der Waals surface area contributed by atoms with E-state index in [-0.39, 0.29) is 17.4 Å². The van der Waals surface area contributed by atoms with Gasteiger partial charge >= 0.3 is 6.18 Å². The van der Waals surface area contributed by atoms with Crippen molar-refractivity contribution in [3.63, 3.8) is 0 Å². The Hall–Kier alpha value is -3.28. The Morgan fingerprint density at radius 2 is 1.94 bits per heavy atom. The van der Waals surface area contributed by atoms with Gasteiger partial charge in [0.2, 0.25) is 5.91 Å². The molecule has 3 aromatic heterocycles. The van der Waals surface area contributed by atoms with Crippen LogP contribution >= 0.6 is 0 Å². The van der Waals surface area contributed by atoms with E-state index in [9.17, 15) is 18.0 Å². The van der Waals surface area contributed by atoms with Gasteiger partial charge in [-0.05, 0) is 12.1 Å². The molecular weight excluding hydrogens is 427 g/mol. The Morgan fingerprint density at radius 3 is 2.66 bits per heavy atom. The molecule has 6 heterocycles. The maximum Gasteiger partial charge on any atom is 0.433 e. The van der Waals surface area contributed by atoms with E-state index in [4.69, 9.17) is 4.74 Å². The first kappa shape index (κ1) is 19.4. The second-order valence-corrected chi connectivity index (χ2v) is 8.63. The Bertz CT molecular complexity index is 1220. The van der Waals surface area contributed by atoms with Crippen LogP contribution in [0.3, 0.4) is 0 Å². The van der Waals surface area contributed by atoms with E-state index < -0.39 is 11.9 Å². The summed E-state index contributed by atoms with van der Waals surface area (Å²) < 4.78 is 45.9. The van der Waals surface area contributed by atoms with Crippen molar-refractivity contribution >= 4 is 28.6 Å². The van der Waals surface area contributed by atoms with Gasteiger partial charge in [0.15, 0.2) is 11.5 Å². The number of amides is 1. The summed E-state index contributed by atoms with van der Waals surface area (Å²) in [4.78, 5) is 28.7. The highest BCUT2D eigenvalue weighted by atomic mass is 19.4. The number of pyridine rings is 1. The molecule has 3 aliphatic rings. The van der Waals surface area contributed by atoms with Crippen LogP contribution in [0.4, 0.5) is 24.7 Å². The van der Waals surface area contributed by atoms with Crippen LogP contribution in [-0.4, -0.2) is 63.5 Å². The number of fused-ring (bicyclic) bond motifs is 1. The molecule has 0 atom stereocenters. The fraction of sp³-hybridized carbons (Fsp3) is 0.450. The molecule has 1 amide bonds. The highest BCUT2D eigenvalue weighted by Gasteiger charge is 2.52. The van der Waals surface area contributed by atoms with Crippen LogP contribution in [0.5, 0.6) is 0 Å². The van der Waals surface area contributed by atoms with Crippen molar-refractivity contribution in [3.8, 4) is 0 Å². The third-order valence-corrected chi connectivity index (χ3v) is 6.31. The van der Waals surface area contributed by atoms with E-state index in [1.54, 1.807) is 28.0 Å². The summed E-state index contributed by atoms with van der Waals surface area (Å²) in [5, 5.41) is 4.34. The predicted octanol–water partition coefficient (Wildman–Crippen LogP) is 2.05. The number of rotatable bonds is 3. The second-order valence-electron chi connectivity index (χ2n) is 8.63. The topological polar surface area (TPSA) is 89.3 Å². The molecule has 0 bridgehead atoms. The molecule has 1 spiro atoms. The standard InChI is InChI=1S/C20H18F3N7O2/c21-20(22,23)15-3-12(1-2-24-15)28-9-19(10-28)4-17(31)29(11-19)16-6-25-14-5-26-30(18(14)27-16)13-7-32-8-13/h1-3,5-6,13H,4,7-11H2. The van der Waals surface area contributed by atoms with E-state index >= 15 is 0 Å². The highest BCUT2D eigenvalue weighted by molar-refractivity contribution is 5.96. The number of aromatic nitrogens is 5. The lowest BCUT2D eigenvalue weighted by Gasteiger charge is -2.48. The van der Waals surface area contributed by atoms with E-state index in [1.165, 1.54) is 0 Å². The average Bonchev–Trinajstić information content (AvgIpc) is 3.26. The van der Waals surface area contributed by atoms with Crippen molar-refractivity contribution in [2.75, 3.05) is 42.6 Å². The quantitative estimate of drug-likeness (QED) is 0.610. The molecule has 0 radical (unpaired) electrons. The maximum atomic E-state index is 13.0. The van der Waals surface area contributed by atoms with Crippen LogP contribution in [0.15, 0.2) is 30.7 Å². The van der Waals surface area contributed by atoms with Crippen LogP contribution in [0, 0.1) is 5.41 Å². The fourth-order valence-electron chi connectivity index (χ4n) is 4.61. The molecule has 0 N–H and O–H groups in total. The summed E-state index contributed by atoms with van der Waals surface area (Å²) in [6, 6.07) is 2.72. The normalized spacial score (nSPS) is 20.8. The number of hydrogen-bond acceptors (Lipinski definition) is 7. The zero-order valence-electron chi connectivity index (χ0n) is 16.8. The second kappa shape index (κ2) is 6.61. The van der Waals surface area contributed by atoms with Crippen molar-refractivity contribution in [2.45, 2.75) is 18.6 Å². The van der Waals surface area contributed by atoms with E-state index in [1.807, 2.05) is 4.90 Å². The van der Waals surface area contributed by atoms with Gasteiger partial charge in [0.1, 0.15) is 17.3 Å². The Morgan fingerprint density at radius 1 is 1.12 bits per heavy atom. The highest BCUT2D eigenvalue weighted by Crippen LogP contribution is 2.44. The Kier molecular flexibility index (Phi) is 4.01. The van der Waals surface area contributed by atoms with Gasteiger partial charge in [-0.1, -0.05) is 0 Å². The fourth-order valence-corrected chi connectivity index (χ4v) is 4.61. The maximum absolute atomic E-state index is 13.0. The molecule has 9 nitrogen and oxygen atoms in total. The lowest BCUT2D eigenvalue weighted by Crippen LogP contribution is -2.57. The van der Waals surface area contributed by atoms with Crippen LogP contribution in [0.2, 0.25) is 0 Å². The van der Waals surface area contributed by atoms with E-state index in [0.717, 1.165) is 12.3 Å². The molecule has 3 saturated heterocycles. The van der Waals surface area contributed by atoms with Crippen LogP contribution < -0.4 is 9.80 Å². The van der Waals surface area contributed by atoms with Gasteiger partial charge in [-0.3, -0.25) is 14.7 Å². The first-order chi connectivity index (χ1) is 15.3. The smallest absolute Gasteiger partial charge is 0.377 e. The largest absolute Gasteiger partial charge is 0.433 e. The van der Waals surface area contributed by atoms with Crippen molar-refractivity contribution < 1.29 is 22.7 Å². The minimum atomic E-state index is -4.49. The van der Waals surface area contributed by atoms with Gasteiger partial charge in [-0.2, -0.15) is 18.3 Å². The van der Waals surface area contributed by atoms with Crippen LogP contribution in [-0.2, 0) is 15.7 Å². The lowest BCUT2D eigenvalue weighted by atomic mass is 9.78. The van der Waals surface area contributed by atoms with Crippen molar-refractivity contribution in [1.29, 1.82) is 0 Å². The first-order valence-electron chi connectivity index (χ1n) is 10.2. The van der Waals surface area contributed by atoms with Crippen molar-refractivity contribution in [1.82, 2.24) is 24.7 Å². The number of carbonyl (C=O) groups is 1. The van der Waals surface area contributed by atoms with Gasteiger partial charge in [-0.25, -0.2) is 14.6 Å². The molecule has 32 heavy (non-hydrogen) atoms. The Labute approximate surface area is 179 Å². The van der Waals surface area contributed by atoms with Crippen molar-refractivity contribution in [3.05, 3.63) is 36.4 Å². The van der Waals surface area contributed by atoms with E-state index in [0.29, 0.717) is 61.9 Å². The molecule has 0 unspecified atom stereocenters. The van der Waals surface area contributed by atoms with Crippen LogP contribution in [0.1, 0.15) is 18.2 Å². The molecule has 12 heteroatoms. The summed E-state index contributed by atoms with van der Waals surface area (Å²) in [7, 11) is 0. The SMILES string of the molecule is O=C1CC2(CN(c3ccnc(C(F)(F)F)c3)C2)CN1c1cnc2cnn(C3COC3)c2n1. The summed E-state index contributed by atoms with van der Waals surface area (Å²) in [6.07, 6.45) is 0.198. The number of anilines is 2. The average molecular weight is 445 g/mol. The van der Waals surface area contributed by atoms with Gasteiger partial charge in [0.05, 0.1) is 25.6 Å². The molecule has 0 saturated carbocycles. The van der Waals surface area contributed by atoms with Crippen molar-refractivity contribution in [2.24, 2.45) is 5.41 Å². The molecule has 0 aromatic carbocycles. The summed E-state index contributed by atoms with van der Waals surface area (Å²) >= 11 is 0. The number of ether oxygens (including phenoxy) is 1. The van der Waals surface area contributed by atoms with Gasteiger partial charge in [-0.15, -0.1) is 0 Å². The summed E-state index contributed by atoms with van der Waals surface area (Å²) in [6.45, 7) is 2.55. The molecule has 3 aromatic rings. The predicted molar refractivity (Wildman–Crippen MR) is 106 cm³/mol.